The van der Waals surface area contributed by atoms with Crippen molar-refractivity contribution in [3.63, 3.8) is 0 Å². The number of carbonyl (C=O) groups excluding carboxylic acids is 1. The Labute approximate surface area is 158 Å². The highest BCUT2D eigenvalue weighted by atomic mass is 127. The molecule has 138 valence electrons. The monoisotopic (exact) mass is 443 g/mol. The summed E-state index contributed by atoms with van der Waals surface area (Å²) in [7, 11) is 3.18. The second-order valence-electron chi connectivity index (χ2n) is 5.61. The molecule has 0 bridgehead atoms. The second kappa shape index (κ2) is 17.8. The van der Waals surface area contributed by atoms with Gasteiger partial charge in [-0.15, -0.1) is 24.0 Å². The van der Waals surface area contributed by atoms with Gasteiger partial charge in [-0.1, -0.05) is 20.3 Å². The summed E-state index contributed by atoms with van der Waals surface area (Å²) in [6.07, 6.45) is 4.46. The van der Waals surface area contributed by atoms with Gasteiger partial charge in [-0.2, -0.15) is 0 Å². The summed E-state index contributed by atoms with van der Waals surface area (Å²) < 4.78 is 10.1. The lowest BCUT2D eigenvalue weighted by Gasteiger charge is -2.12. The van der Waals surface area contributed by atoms with Gasteiger partial charge in [0.2, 0.25) is 0 Å². The van der Waals surface area contributed by atoms with Crippen molar-refractivity contribution in [3.8, 4) is 0 Å². The van der Waals surface area contributed by atoms with E-state index in [2.05, 4.69) is 34.2 Å². The number of esters is 1. The molecule has 0 heterocycles. The average molecular weight is 443 g/mol. The van der Waals surface area contributed by atoms with Crippen LogP contribution < -0.4 is 10.6 Å². The van der Waals surface area contributed by atoms with Crippen molar-refractivity contribution < 1.29 is 14.3 Å². The first-order valence-electron chi connectivity index (χ1n) is 8.19. The highest BCUT2D eigenvalue weighted by molar-refractivity contribution is 14.0. The second-order valence-corrected chi connectivity index (χ2v) is 5.61. The topological polar surface area (TPSA) is 72.0 Å². The number of carbonyl (C=O) groups is 1. The molecule has 0 fully saturated rings. The van der Waals surface area contributed by atoms with Crippen LogP contribution in [0.4, 0.5) is 0 Å². The van der Waals surface area contributed by atoms with Gasteiger partial charge in [-0.3, -0.25) is 9.79 Å². The first kappa shape index (κ1) is 24.7. The molecular formula is C16H34IN3O3. The van der Waals surface area contributed by atoms with E-state index >= 15 is 0 Å². The van der Waals surface area contributed by atoms with Gasteiger partial charge in [0.05, 0.1) is 13.7 Å². The quantitative estimate of drug-likeness (QED) is 0.160. The van der Waals surface area contributed by atoms with Gasteiger partial charge in [0.15, 0.2) is 5.96 Å². The smallest absolute Gasteiger partial charge is 0.305 e. The summed E-state index contributed by atoms with van der Waals surface area (Å²) >= 11 is 0. The van der Waals surface area contributed by atoms with E-state index in [0.29, 0.717) is 18.9 Å². The number of rotatable bonds is 12. The van der Waals surface area contributed by atoms with Gasteiger partial charge in [0.25, 0.3) is 0 Å². The van der Waals surface area contributed by atoms with Gasteiger partial charge in [0.1, 0.15) is 0 Å². The van der Waals surface area contributed by atoms with E-state index in [1.54, 1.807) is 7.05 Å². The van der Waals surface area contributed by atoms with E-state index < -0.39 is 0 Å². The highest BCUT2D eigenvalue weighted by Gasteiger charge is 2.00. The normalized spacial score (nSPS) is 11.1. The minimum Gasteiger partial charge on any atom is -0.469 e. The molecule has 23 heavy (non-hydrogen) atoms. The van der Waals surface area contributed by atoms with E-state index in [1.165, 1.54) is 7.11 Å². The zero-order chi connectivity index (χ0) is 16.6. The average Bonchev–Trinajstić information content (AvgIpc) is 2.51. The van der Waals surface area contributed by atoms with Crippen molar-refractivity contribution in [2.24, 2.45) is 10.9 Å². The Kier molecular flexibility index (Phi) is 19.1. The van der Waals surface area contributed by atoms with Gasteiger partial charge in [-0.05, 0) is 25.2 Å². The summed E-state index contributed by atoms with van der Waals surface area (Å²) in [6, 6.07) is 0. The number of guanidine groups is 1. The van der Waals surface area contributed by atoms with Gasteiger partial charge in [0, 0.05) is 33.2 Å². The summed E-state index contributed by atoms with van der Waals surface area (Å²) in [5.74, 6) is 1.34. The molecule has 0 aromatic heterocycles. The van der Waals surface area contributed by atoms with Crippen LogP contribution in [-0.2, 0) is 14.3 Å². The number of nitrogens with one attached hydrogen (secondary N) is 2. The van der Waals surface area contributed by atoms with Crippen LogP contribution in [0.2, 0.25) is 0 Å². The first-order chi connectivity index (χ1) is 10.6. The molecule has 0 radical (unpaired) electrons. The fourth-order valence-corrected chi connectivity index (χ4v) is 1.76. The lowest BCUT2D eigenvalue weighted by molar-refractivity contribution is -0.140. The molecule has 0 aromatic rings. The summed E-state index contributed by atoms with van der Waals surface area (Å²) in [5, 5.41) is 6.46. The SMILES string of the molecule is CN=C(NCCCCCC(=O)OC)NCCOCCC(C)C.I. The van der Waals surface area contributed by atoms with Crippen LogP contribution in [0.3, 0.4) is 0 Å². The Hall–Kier alpha value is -0.570. The lowest BCUT2D eigenvalue weighted by atomic mass is 10.1. The third kappa shape index (κ3) is 17.6. The summed E-state index contributed by atoms with van der Waals surface area (Å²) in [6.45, 7) is 7.48. The predicted molar refractivity (Wildman–Crippen MR) is 106 cm³/mol. The third-order valence-electron chi connectivity index (χ3n) is 3.18. The molecule has 0 unspecified atom stereocenters. The van der Waals surface area contributed by atoms with E-state index in [1.807, 2.05) is 0 Å². The zero-order valence-electron chi connectivity index (χ0n) is 15.0. The molecule has 0 rings (SSSR count). The largest absolute Gasteiger partial charge is 0.469 e. The van der Waals surface area contributed by atoms with Gasteiger partial charge >= 0.3 is 5.97 Å². The van der Waals surface area contributed by atoms with Crippen LogP contribution >= 0.6 is 24.0 Å². The number of unbranched alkanes of at least 4 members (excludes halogenated alkanes) is 2. The summed E-state index contributed by atoms with van der Waals surface area (Å²) in [4.78, 5) is 15.1. The molecule has 0 aliphatic heterocycles. The van der Waals surface area contributed by atoms with Crippen molar-refractivity contribution >= 4 is 35.9 Å². The first-order valence-corrected chi connectivity index (χ1v) is 8.19. The van der Waals surface area contributed by atoms with E-state index in [-0.39, 0.29) is 29.9 Å². The molecule has 2 N–H and O–H groups in total. The summed E-state index contributed by atoms with van der Waals surface area (Å²) in [5.41, 5.74) is 0. The fraction of sp³-hybridized carbons (Fsp3) is 0.875. The molecule has 7 heteroatoms. The fourth-order valence-electron chi connectivity index (χ4n) is 1.76. The van der Waals surface area contributed by atoms with Crippen molar-refractivity contribution in [3.05, 3.63) is 0 Å². The minimum atomic E-state index is -0.136. The van der Waals surface area contributed by atoms with Crippen LogP contribution in [0.25, 0.3) is 0 Å². The maximum Gasteiger partial charge on any atom is 0.305 e. The van der Waals surface area contributed by atoms with E-state index in [4.69, 9.17) is 4.74 Å². The Balaban J connectivity index is 0. The number of ether oxygens (including phenoxy) is 2. The van der Waals surface area contributed by atoms with Crippen molar-refractivity contribution in [2.45, 2.75) is 46.0 Å². The molecule has 0 spiro atoms. The number of halogens is 1. The Morgan fingerprint density at radius 2 is 1.78 bits per heavy atom. The molecule has 0 amide bonds. The zero-order valence-corrected chi connectivity index (χ0v) is 17.4. The maximum atomic E-state index is 11.0. The number of aliphatic imine (C=N–C) groups is 1. The molecule has 0 atom stereocenters. The number of hydrogen-bond acceptors (Lipinski definition) is 4. The van der Waals surface area contributed by atoms with Crippen molar-refractivity contribution in [1.29, 1.82) is 0 Å². The van der Waals surface area contributed by atoms with Gasteiger partial charge < -0.3 is 20.1 Å². The Morgan fingerprint density at radius 3 is 2.39 bits per heavy atom. The Morgan fingerprint density at radius 1 is 1.09 bits per heavy atom. The van der Waals surface area contributed by atoms with Gasteiger partial charge in [-0.25, -0.2) is 0 Å². The van der Waals surface area contributed by atoms with Crippen LogP contribution in [0, 0.1) is 5.92 Å². The molecular weight excluding hydrogens is 409 g/mol. The number of methoxy groups -OCH3 is 1. The van der Waals surface area contributed by atoms with Crippen molar-refractivity contribution in [2.75, 3.05) is 40.5 Å². The molecule has 0 aromatic carbocycles. The standard InChI is InChI=1S/C16H33N3O3.HI/c1-14(2)9-12-22-13-11-19-16(17-3)18-10-7-5-6-8-15(20)21-4;/h14H,5-13H2,1-4H3,(H2,17,18,19);1H. The van der Waals surface area contributed by atoms with E-state index in [0.717, 1.165) is 51.3 Å². The maximum absolute atomic E-state index is 11.0. The molecule has 0 saturated carbocycles. The molecule has 0 saturated heterocycles. The molecule has 0 aliphatic carbocycles. The van der Waals surface area contributed by atoms with Crippen LogP contribution in [-0.4, -0.2) is 52.4 Å². The number of nitrogens with zero attached hydrogens (tertiary/aromatic N) is 1. The third-order valence-corrected chi connectivity index (χ3v) is 3.18. The number of hydrogen-bond donors (Lipinski definition) is 2. The lowest BCUT2D eigenvalue weighted by Crippen LogP contribution is -2.39. The highest BCUT2D eigenvalue weighted by Crippen LogP contribution is 2.00. The van der Waals surface area contributed by atoms with E-state index in [9.17, 15) is 4.79 Å². The van der Waals surface area contributed by atoms with Crippen LogP contribution in [0.5, 0.6) is 0 Å². The molecule has 0 aliphatic rings. The van der Waals surface area contributed by atoms with Crippen LogP contribution in [0.1, 0.15) is 46.0 Å². The Bertz CT molecular complexity index is 313. The minimum absolute atomic E-state index is 0. The molecule has 6 nitrogen and oxygen atoms in total. The van der Waals surface area contributed by atoms with Crippen LogP contribution in [0.15, 0.2) is 4.99 Å². The predicted octanol–water partition coefficient (Wildman–Crippen LogP) is 2.57. The van der Waals surface area contributed by atoms with Crippen molar-refractivity contribution in [1.82, 2.24) is 10.6 Å².